The fourth-order valence-corrected chi connectivity index (χ4v) is 4.00. The smallest absolute Gasteiger partial charge is 0.336 e. The highest BCUT2D eigenvalue weighted by Crippen LogP contribution is 2.41. The molecule has 37 heavy (non-hydrogen) atoms. The second kappa shape index (κ2) is 14.0. The van der Waals surface area contributed by atoms with Gasteiger partial charge in [0.15, 0.2) is 0 Å². The van der Waals surface area contributed by atoms with Crippen molar-refractivity contribution in [2.45, 2.75) is 53.1 Å². The van der Waals surface area contributed by atoms with Crippen LogP contribution in [0.3, 0.4) is 0 Å². The zero-order valence-corrected chi connectivity index (χ0v) is 23.8. The number of ether oxygens (including phenoxy) is 3. The van der Waals surface area contributed by atoms with Crippen molar-refractivity contribution in [1.29, 1.82) is 0 Å². The summed E-state index contributed by atoms with van der Waals surface area (Å²) in [6.07, 6.45) is 2.98. The minimum atomic E-state index is -0.765. The largest absolute Gasteiger partial charge is 0.463 e. The highest BCUT2D eigenvalue weighted by molar-refractivity contribution is 6.00. The molecule has 204 valence electrons. The number of benzene rings is 1. The molecular formula is C28H39ClN2O6. The maximum absolute atomic E-state index is 13.3. The van der Waals surface area contributed by atoms with E-state index in [1.807, 2.05) is 43.3 Å². The van der Waals surface area contributed by atoms with E-state index in [4.69, 9.17) is 14.2 Å². The second-order valence-corrected chi connectivity index (χ2v) is 9.66. The number of nitrogens with one attached hydrogen (secondary N) is 1. The lowest BCUT2D eigenvalue weighted by Crippen LogP contribution is -2.37. The molecular weight excluding hydrogens is 496 g/mol. The van der Waals surface area contributed by atoms with E-state index < -0.39 is 29.4 Å². The number of hydrogen-bond donors (Lipinski definition) is 1. The molecule has 1 aliphatic rings. The maximum atomic E-state index is 13.3. The first-order valence-corrected chi connectivity index (χ1v) is 12.1. The molecule has 9 heteroatoms. The number of carbonyl (C=O) groups excluding carboxylic acids is 3. The maximum Gasteiger partial charge on any atom is 0.336 e. The Morgan fingerprint density at radius 1 is 1.00 bits per heavy atom. The van der Waals surface area contributed by atoms with Crippen molar-refractivity contribution >= 4 is 36.4 Å². The number of nitrogens with zero attached hydrogens (tertiary/aromatic N) is 1. The Balaban J connectivity index is 0.00000684. The van der Waals surface area contributed by atoms with Gasteiger partial charge in [0.2, 0.25) is 0 Å². The molecule has 1 aromatic rings. The number of rotatable bonds is 9. The Morgan fingerprint density at radius 3 is 2.11 bits per heavy atom. The number of dihydropyridines is 1. The van der Waals surface area contributed by atoms with E-state index in [-0.39, 0.29) is 25.6 Å². The number of halogens is 1. The van der Waals surface area contributed by atoms with Gasteiger partial charge in [0, 0.05) is 24.0 Å². The molecule has 1 aromatic carbocycles. The van der Waals surface area contributed by atoms with Crippen molar-refractivity contribution in [3.63, 3.8) is 0 Å². The van der Waals surface area contributed by atoms with Gasteiger partial charge in [0.05, 0.1) is 30.3 Å². The van der Waals surface area contributed by atoms with E-state index in [2.05, 4.69) is 5.32 Å². The van der Waals surface area contributed by atoms with Gasteiger partial charge in [0.1, 0.15) is 5.60 Å². The molecule has 1 unspecified atom stereocenters. The predicted octanol–water partition coefficient (Wildman–Crippen LogP) is 4.37. The van der Waals surface area contributed by atoms with Crippen LogP contribution in [0.15, 0.2) is 52.9 Å². The Labute approximate surface area is 226 Å². The molecule has 1 heterocycles. The Kier molecular flexibility index (Phi) is 12.1. The van der Waals surface area contributed by atoms with Gasteiger partial charge in [-0.05, 0) is 72.8 Å². The van der Waals surface area contributed by atoms with Crippen molar-refractivity contribution in [1.82, 2.24) is 10.2 Å². The molecule has 0 aromatic heterocycles. The van der Waals surface area contributed by atoms with E-state index in [0.717, 1.165) is 0 Å². The fraction of sp³-hybridized carbons (Fsp3) is 0.464. The molecule has 8 nitrogen and oxygen atoms in total. The third kappa shape index (κ3) is 8.76. The average molecular weight is 535 g/mol. The predicted molar refractivity (Wildman–Crippen MR) is 146 cm³/mol. The van der Waals surface area contributed by atoms with Crippen LogP contribution in [0.2, 0.25) is 0 Å². The molecule has 0 aliphatic carbocycles. The lowest BCUT2D eigenvalue weighted by atomic mass is 9.78. The van der Waals surface area contributed by atoms with Gasteiger partial charge >= 0.3 is 17.9 Å². The summed E-state index contributed by atoms with van der Waals surface area (Å²) >= 11 is 0. The van der Waals surface area contributed by atoms with Crippen molar-refractivity contribution in [2.75, 3.05) is 33.9 Å². The molecule has 0 amide bonds. The summed E-state index contributed by atoms with van der Waals surface area (Å²) in [7, 11) is 3.79. The standard InChI is InChI=1S/C28H38N2O6.ClH/c1-9-34-26(32)23-18(3)29-21(17-30(7)8)25(27(33)35-10-2)24(23)20-14-12-11-13-19(20)15-16-22(31)36-28(4,5)6;/h11-16,24,29H,9-10,17H2,1-8H3;1H/b16-15+;. The first kappa shape index (κ1) is 31.9. The zero-order chi connectivity index (χ0) is 27.0. The summed E-state index contributed by atoms with van der Waals surface area (Å²) < 4.78 is 16.2. The molecule has 1 N–H and O–H groups in total. The van der Waals surface area contributed by atoms with Crippen molar-refractivity contribution in [2.24, 2.45) is 0 Å². The Bertz CT molecular complexity index is 1080. The number of hydrogen-bond acceptors (Lipinski definition) is 8. The summed E-state index contributed by atoms with van der Waals surface area (Å²) in [5.74, 6) is -2.30. The van der Waals surface area contributed by atoms with E-state index in [1.165, 1.54) is 6.08 Å². The van der Waals surface area contributed by atoms with E-state index in [9.17, 15) is 14.4 Å². The molecule has 0 spiro atoms. The quantitative estimate of drug-likeness (QED) is 0.283. The topological polar surface area (TPSA) is 94.2 Å². The van der Waals surface area contributed by atoms with Gasteiger partial charge in [-0.1, -0.05) is 24.3 Å². The number of carbonyl (C=O) groups is 3. The van der Waals surface area contributed by atoms with Crippen LogP contribution in [0.1, 0.15) is 58.6 Å². The first-order chi connectivity index (χ1) is 16.9. The van der Waals surface area contributed by atoms with Crippen molar-refractivity contribution in [3.05, 3.63) is 64.0 Å². The fourth-order valence-electron chi connectivity index (χ4n) is 4.00. The van der Waals surface area contributed by atoms with Gasteiger partial charge in [-0.15, -0.1) is 12.4 Å². The molecule has 0 saturated carbocycles. The molecule has 0 saturated heterocycles. The number of likely N-dealkylation sites (N-methyl/N-ethyl adjacent to an activating group) is 1. The lowest BCUT2D eigenvalue weighted by molar-refractivity contribution is -0.148. The van der Waals surface area contributed by atoms with Crippen molar-refractivity contribution < 1.29 is 28.6 Å². The lowest BCUT2D eigenvalue weighted by Gasteiger charge is -2.33. The summed E-state index contributed by atoms with van der Waals surface area (Å²) in [5.41, 5.74) is 2.58. The van der Waals surface area contributed by atoms with Crippen LogP contribution in [0.5, 0.6) is 0 Å². The zero-order valence-electron chi connectivity index (χ0n) is 23.0. The summed E-state index contributed by atoms with van der Waals surface area (Å²) in [4.78, 5) is 40.8. The van der Waals surface area contributed by atoms with Crippen LogP contribution in [-0.4, -0.2) is 62.3 Å². The van der Waals surface area contributed by atoms with Gasteiger partial charge in [-0.25, -0.2) is 14.4 Å². The third-order valence-electron chi connectivity index (χ3n) is 5.22. The SMILES string of the molecule is CCOC(=O)C1=C(C)NC(CN(C)C)=C(C(=O)OCC)C1c1ccccc1/C=C/C(=O)OC(C)(C)C.Cl. The van der Waals surface area contributed by atoms with Crippen LogP contribution < -0.4 is 5.32 Å². The monoisotopic (exact) mass is 534 g/mol. The minimum Gasteiger partial charge on any atom is -0.463 e. The Morgan fingerprint density at radius 2 is 1.57 bits per heavy atom. The Hall–Kier alpha value is -3.10. The van der Waals surface area contributed by atoms with Gasteiger partial charge in [-0.3, -0.25) is 0 Å². The van der Waals surface area contributed by atoms with Crippen molar-refractivity contribution in [3.8, 4) is 0 Å². The minimum absolute atomic E-state index is 0. The van der Waals surface area contributed by atoms with Crippen LogP contribution in [-0.2, 0) is 28.6 Å². The van der Waals surface area contributed by atoms with E-state index in [1.54, 1.807) is 47.6 Å². The number of esters is 3. The van der Waals surface area contributed by atoms with Crippen LogP contribution >= 0.6 is 12.4 Å². The van der Waals surface area contributed by atoms with Crippen LogP contribution in [0.4, 0.5) is 0 Å². The molecule has 0 bridgehead atoms. The van der Waals surface area contributed by atoms with E-state index >= 15 is 0 Å². The molecule has 1 atom stereocenters. The summed E-state index contributed by atoms with van der Waals surface area (Å²) in [6.45, 7) is 11.4. The second-order valence-electron chi connectivity index (χ2n) is 9.66. The summed E-state index contributed by atoms with van der Waals surface area (Å²) in [6, 6.07) is 7.32. The molecule has 0 fully saturated rings. The van der Waals surface area contributed by atoms with Gasteiger partial charge in [0.25, 0.3) is 0 Å². The molecule has 1 aliphatic heterocycles. The first-order valence-electron chi connectivity index (χ1n) is 12.1. The van der Waals surface area contributed by atoms with Crippen LogP contribution in [0, 0.1) is 0 Å². The third-order valence-corrected chi connectivity index (χ3v) is 5.22. The number of allylic oxidation sites excluding steroid dienone is 1. The molecule has 0 radical (unpaired) electrons. The van der Waals surface area contributed by atoms with E-state index in [0.29, 0.717) is 40.2 Å². The van der Waals surface area contributed by atoms with Crippen LogP contribution in [0.25, 0.3) is 6.08 Å². The van der Waals surface area contributed by atoms with Gasteiger partial charge in [-0.2, -0.15) is 0 Å². The average Bonchev–Trinajstić information content (AvgIpc) is 2.76. The normalized spacial score (nSPS) is 15.9. The highest BCUT2D eigenvalue weighted by atomic mass is 35.5. The highest BCUT2D eigenvalue weighted by Gasteiger charge is 2.39. The summed E-state index contributed by atoms with van der Waals surface area (Å²) in [5, 5.41) is 3.25. The molecule has 2 rings (SSSR count). The van der Waals surface area contributed by atoms with Gasteiger partial charge < -0.3 is 24.4 Å².